The van der Waals surface area contributed by atoms with Crippen molar-refractivity contribution in [3.63, 3.8) is 0 Å². The highest BCUT2D eigenvalue weighted by Gasteiger charge is 2.09. The maximum atomic E-state index is 11.4. The predicted octanol–water partition coefficient (Wildman–Crippen LogP) is 2.68. The number of hydrogen-bond donors (Lipinski definition) is 3. The minimum Gasteiger partial charge on any atom is -0.497 e. The molecule has 1 fully saturated rings. The Morgan fingerprint density at radius 3 is 2.46 bits per heavy atom. The number of nitrogens with zero attached hydrogens (tertiary/aromatic N) is 1. The van der Waals surface area contributed by atoms with Gasteiger partial charge in [-0.25, -0.2) is 0 Å². The summed E-state index contributed by atoms with van der Waals surface area (Å²) in [4.78, 5) is 13.8. The molecule has 0 aliphatic carbocycles. The van der Waals surface area contributed by atoms with E-state index in [-0.39, 0.29) is 5.91 Å². The van der Waals surface area contributed by atoms with E-state index in [9.17, 15) is 4.79 Å². The van der Waals surface area contributed by atoms with Crippen molar-refractivity contribution in [3.05, 3.63) is 42.5 Å². The Morgan fingerprint density at radius 1 is 1.07 bits per heavy atom. The zero-order valence-electron chi connectivity index (χ0n) is 16.5. The van der Waals surface area contributed by atoms with Crippen molar-refractivity contribution in [1.82, 2.24) is 10.2 Å². The quantitative estimate of drug-likeness (QED) is 0.650. The van der Waals surface area contributed by atoms with E-state index < -0.39 is 0 Å². The van der Waals surface area contributed by atoms with Crippen molar-refractivity contribution in [1.29, 1.82) is 0 Å². The molecule has 0 unspecified atom stereocenters. The van der Waals surface area contributed by atoms with Gasteiger partial charge in [-0.2, -0.15) is 0 Å². The third kappa shape index (κ3) is 5.87. The third-order valence-corrected chi connectivity index (χ3v) is 4.56. The lowest BCUT2D eigenvalue weighted by atomic mass is 10.2. The van der Waals surface area contributed by atoms with Gasteiger partial charge in [0.15, 0.2) is 0 Å². The molecule has 3 N–H and O–H groups in total. The lowest BCUT2D eigenvalue weighted by Gasteiger charge is -2.26. The summed E-state index contributed by atoms with van der Waals surface area (Å²) in [6.07, 6.45) is 0. The summed E-state index contributed by atoms with van der Waals surface area (Å²) in [6.45, 7) is 7.34. The first kappa shape index (κ1) is 20.0. The number of piperazine rings is 1. The van der Waals surface area contributed by atoms with Gasteiger partial charge in [-0.15, -0.1) is 0 Å². The van der Waals surface area contributed by atoms with Gasteiger partial charge in [-0.1, -0.05) is 0 Å². The van der Waals surface area contributed by atoms with Crippen LogP contribution in [-0.2, 0) is 4.79 Å². The van der Waals surface area contributed by atoms with Crippen LogP contribution in [0.3, 0.4) is 0 Å². The van der Waals surface area contributed by atoms with Crippen molar-refractivity contribution in [2.75, 3.05) is 57.1 Å². The molecule has 0 bridgehead atoms. The smallest absolute Gasteiger partial charge is 0.221 e. The van der Waals surface area contributed by atoms with Crippen molar-refractivity contribution >= 4 is 23.0 Å². The van der Waals surface area contributed by atoms with Crippen LogP contribution in [-0.4, -0.2) is 57.2 Å². The summed E-state index contributed by atoms with van der Waals surface area (Å²) >= 11 is 0. The van der Waals surface area contributed by atoms with Crippen molar-refractivity contribution in [2.24, 2.45) is 0 Å². The van der Waals surface area contributed by atoms with E-state index >= 15 is 0 Å². The number of carbonyl (C=O) groups is 1. The zero-order valence-corrected chi connectivity index (χ0v) is 16.5. The second-order valence-electron chi connectivity index (χ2n) is 6.68. The molecule has 0 atom stereocenters. The van der Waals surface area contributed by atoms with Gasteiger partial charge in [0.05, 0.1) is 18.5 Å². The lowest BCUT2D eigenvalue weighted by molar-refractivity contribution is -0.114. The highest BCUT2D eigenvalue weighted by molar-refractivity contribution is 5.93. The summed E-state index contributed by atoms with van der Waals surface area (Å²) in [7, 11) is 1.61. The number of hydrogen-bond acceptors (Lipinski definition) is 6. The Bertz CT molecular complexity index is 774. The number of anilines is 3. The lowest BCUT2D eigenvalue weighted by Crippen LogP contribution is -2.44. The number of amides is 1. The van der Waals surface area contributed by atoms with E-state index in [0.29, 0.717) is 18.0 Å². The molecule has 150 valence electrons. The van der Waals surface area contributed by atoms with Gasteiger partial charge in [0.1, 0.15) is 18.1 Å². The Kier molecular flexibility index (Phi) is 7.11. The molecule has 1 amide bonds. The van der Waals surface area contributed by atoms with E-state index in [1.165, 1.54) is 6.92 Å². The molecule has 0 spiro atoms. The molecule has 0 radical (unpaired) electrons. The molecule has 7 nitrogen and oxygen atoms in total. The van der Waals surface area contributed by atoms with Crippen LogP contribution in [0, 0.1) is 0 Å². The Balaban J connectivity index is 1.58. The van der Waals surface area contributed by atoms with E-state index in [2.05, 4.69) is 20.9 Å². The van der Waals surface area contributed by atoms with Gasteiger partial charge in [0.25, 0.3) is 0 Å². The second kappa shape index (κ2) is 9.96. The van der Waals surface area contributed by atoms with Gasteiger partial charge in [0, 0.05) is 51.4 Å². The molecular formula is C21H28N4O3. The van der Waals surface area contributed by atoms with E-state index in [0.717, 1.165) is 49.8 Å². The summed E-state index contributed by atoms with van der Waals surface area (Å²) in [5.74, 6) is 1.43. The molecule has 1 aliphatic heterocycles. The monoisotopic (exact) mass is 384 g/mol. The van der Waals surface area contributed by atoms with Crippen LogP contribution in [0.5, 0.6) is 11.5 Å². The highest BCUT2D eigenvalue weighted by atomic mass is 16.5. The van der Waals surface area contributed by atoms with Gasteiger partial charge in [0.2, 0.25) is 5.91 Å². The van der Waals surface area contributed by atoms with Crippen LogP contribution in [0.4, 0.5) is 17.1 Å². The van der Waals surface area contributed by atoms with Crippen LogP contribution in [0.2, 0.25) is 0 Å². The first-order valence-corrected chi connectivity index (χ1v) is 9.52. The van der Waals surface area contributed by atoms with Crippen molar-refractivity contribution < 1.29 is 14.3 Å². The van der Waals surface area contributed by atoms with Crippen molar-refractivity contribution in [3.8, 4) is 11.5 Å². The van der Waals surface area contributed by atoms with Gasteiger partial charge < -0.3 is 25.4 Å². The predicted molar refractivity (Wildman–Crippen MR) is 112 cm³/mol. The molecule has 2 aromatic rings. The number of methoxy groups -OCH3 is 1. The number of nitrogens with one attached hydrogen (secondary N) is 3. The first-order valence-electron chi connectivity index (χ1n) is 9.52. The van der Waals surface area contributed by atoms with Crippen molar-refractivity contribution in [2.45, 2.75) is 6.92 Å². The molecule has 28 heavy (non-hydrogen) atoms. The zero-order chi connectivity index (χ0) is 19.8. The van der Waals surface area contributed by atoms with E-state index in [4.69, 9.17) is 9.47 Å². The first-order chi connectivity index (χ1) is 13.6. The fraction of sp³-hybridized carbons (Fsp3) is 0.381. The van der Waals surface area contributed by atoms with E-state index in [1.807, 2.05) is 42.5 Å². The summed E-state index contributed by atoms with van der Waals surface area (Å²) < 4.78 is 11.1. The summed E-state index contributed by atoms with van der Waals surface area (Å²) in [5, 5.41) is 9.50. The topological polar surface area (TPSA) is 74.9 Å². The van der Waals surface area contributed by atoms with Gasteiger partial charge in [-0.3, -0.25) is 9.69 Å². The molecule has 0 aromatic heterocycles. The van der Waals surface area contributed by atoms with Crippen LogP contribution in [0.25, 0.3) is 0 Å². The Labute approximate surface area is 166 Å². The van der Waals surface area contributed by atoms with Gasteiger partial charge in [-0.05, 0) is 36.4 Å². The minimum atomic E-state index is -0.124. The molecule has 1 heterocycles. The summed E-state index contributed by atoms with van der Waals surface area (Å²) in [6, 6.07) is 13.3. The number of ether oxygens (including phenoxy) is 2. The number of carbonyl (C=O) groups excluding carboxylic acids is 1. The minimum absolute atomic E-state index is 0.124. The molecule has 2 aromatic carbocycles. The molecule has 1 saturated heterocycles. The fourth-order valence-electron chi connectivity index (χ4n) is 3.07. The van der Waals surface area contributed by atoms with Crippen LogP contribution < -0.4 is 25.4 Å². The molecule has 7 heteroatoms. The van der Waals surface area contributed by atoms with Crippen LogP contribution in [0.15, 0.2) is 42.5 Å². The van der Waals surface area contributed by atoms with Crippen LogP contribution >= 0.6 is 0 Å². The second-order valence-corrected chi connectivity index (χ2v) is 6.68. The Morgan fingerprint density at radius 2 is 1.79 bits per heavy atom. The maximum Gasteiger partial charge on any atom is 0.221 e. The molecule has 1 aliphatic rings. The van der Waals surface area contributed by atoms with E-state index in [1.54, 1.807) is 7.11 Å². The van der Waals surface area contributed by atoms with Gasteiger partial charge >= 0.3 is 0 Å². The SMILES string of the molecule is COc1ccc(NC(C)=O)c(Nc2ccc(OCCN3CCNCC3)cc2)c1. The fourth-order valence-corrected chi connectivity index (χ4v) is 3.07. The maximum absolute atomic E-state index is 11.4. The average molecular weight is 384 g/mol. The molecular weight excluding hydrogens is 356 g/mol. The molecule has 0 saturated carbocycles. The standard InChI is InChI=1S/C21H28N4O3/c1-16(26)23-20-8-7-19(27-2)15-21(20)24-17-3-5-18(6-4-17)28-14-13-25-11-9-22-10-12-25/h3-8,15,22,24H,9-14H2,1-2H3,(H,23,26). The summed E-state index contributed by atoms with van der Waals surface area (Å²) in [5.41, 5.74) is 2.36. The average Bonchev–Trinajstić information content (AvgIpc) is 2.71. The number of rotatable bonds is 8. The normalized spacial score (nSPS) is 14.4. The Hall–Kier alpha value is -2.77. The highest BCUT2D eigenvalue weighted by Crippen LogP contribution is 2.30. The molecule has 3 rings (SSSR count). The van der Waals surface area contributed by atoms with Crippen LogP contribution in [0.1, 0.15) is 6.92 Å². The third-order valence-electron chi connectivity index (χ3n) is 4.56. The number of benzene rings is 2. The largest absolute Gasteiger partial charge is 0.497 e.